The monoisotopic (exact) mass is 312 g/mol. The lowest BCUT2D eigenvalue weighted by Crippen LogP contribution is -2.18. The van der Waals surface area contributed by atoms with Crippen molar-refractivity contribution in [2.75, 3.05) is 6.54 Å². The van der Waals surface area contributed by atoms with Crippen LogP contribution in [0.3, 0.4) is 0 Å². The molecule has 0 saturated heterocycles. The molecule has 3 heteroatoms. The number of hydrogen-bond donors (Lipinski definition) is 0. The molecule has 22 heavy (non-hydrogen) atoms. The number of unbranched alkanes of at least 4 members (excludes halogenated alkanes) is 12. The quantitative estimate of drug-likeness (QED) is 0.272. The summed E-state index contributed by atoms with van der Waals surface area (Å²) in [4.78, 5) is 11.4. The summed E-state index contributed by atoms with van der Waals surface area (Å²) in [7, 11) is 0. The van der Waals surface area contributed by atoms with E-state index in [1.54, 1.807) is 6.92 Å². The van der Waals surface area contributed by atoms with Crippen molar-refractivity contribution in [2.24, 2.45) is 0 Å². The molecular formula is C19H38NO2. The van der Waals surface area contributed by atoms with Crippen LogP contribution in [0.2, 0.25) is 0 Å². The maximum atomic E-state index is 11.4. The molecule has 0 fully saturated rings. The van der Waals surface area contributed by atoms with Gasteiger partial charge in [0.1, 0.15) is 6.10 Å². The first-order valence-electron chi connectivity index (χ1n) is 9.54. The van der Waals surface area contributed by atoms with E-state index in [2.05, 4.69) is 6.92 Å². The zero-order valence-electron chi connectivity index (χ0n) is 15.0. The average molecular weight is 313 g/mol. The highest BCUT2D eigenvalue weighted by Gasteiger charge is 2.07. The van der Waals surface area contributed by atoms with E-state index in [1.807, 2.05) is 0 Å². The van der Waals surface area contributed by atoms with Gasteiger partial charge in [0.15, 0.2) is 0 Å². The van der Waals surface area contributed by atoms with Crippen molar-refractivity contribution in [1.29, 1.82) is 0 Å². The minimum Gasteiger partial charge on any atom is -0.461 e. The van der Waals surface area contributed by atoms with E-state index in [4.69, 9.17) is 10.5 Å². The Labute approximate surface area is 138 Å². The molecule has 0 rings (SSSR count). The van der Waals surface area contributed by atoms with E-state index < -0.39 is 0 Å². The van der Waals surface area contributed by atoms with Crippen LogP contribution in [0.25, 0.3) is 0 Å². The zero-order chi connectivity index (χ0) is 16.5. The molecule has 1 atom stereocenters. The lowest BCUT2D eigenvalue weighted by molar-refractivity contribution is -0.147. The number of ether oxygens (including phenoxy) is 1. The van der Waals surface area contributed by atoms with Crippen molar-refractivity contribution in [3.63, 3.8) is 0 Å². The number of carbonyl (C=O) groups excluding carboxylic acids is 1. The first-order valence-corrected chi connectivity index (χ1v) is 9.54. The molecule has 0 aliphatic rings. The van der Waals surface area contributed by atoms with Gasteiger partial charge < -0.3 is 4.74 Å². The van der Waals surface area contributed by atoms with E-state index in [0.717, 1.165) is 12.8 Å². The Morgan fingerprint density at radius 1 is 0.818 bits per heavy atom. The molecule has 0 aliphatic heterocycles. The Bertz CT molecular complexity index is 244. The smallest absolute Gasteiger partial charge is 0.306 e. The minimum atomic E-state index is -0.255. The Hall–Kier alpha value is -0.570. The van der Waals surface area contributed by atoms with Gasteiger partial charge in [-0.1, -0.05) is 84.0 Å². The van der Waals surface area contributed by atoms with Crippen molar-refractivity contribution in [1.82, 2.24) is 5.73 Å². The van der Waals surface area contributed by atoms with Gasteiger partial charge >= 0.3 is 5.97 Å². The van der Waals surface area contributed by atoms with E-state index in [0.29, 0.717) is 6.42 Å². The first kappa shape index (κ1) is 21.4. The van der Waals surface area contributed by atoms with Gasteiger partial charge in [-0.3, -0.25) is 10.5 Å². The summed E-state index contributed by atoms with van der Waals surface area (Å²) in [5.74, 6) is -0.136. The molecule has 0 aromatic carbocycles. The highest BCUT2D eigenvalue weighted by molar-refractivity contribution is 5.69. The van der Waals surface area contributed by atoms with Gasteiger partial charge in [0.25, 0.3) is 0 Å². The molecule has 0 heterocycles. The molecule has 0 spiro atoms. The zero-order valence-corrected chi connectivity index (χ0v) is 15.0. The van der Waals surface area contributed by atoms with Crippen molar-refractivity contribution < 1.29 is 9.53 Å². The maximum Gasteiger partial charge on any atom is 0.306 e. The van der Waals surface area contributed by atoms with Crippen molar-refractivity contribution in [2.45, 2.75) is 110 Å². The van der Waals surface area contributed by atoms with Gasteiger partial charge in [-0.2, -0.15) is 0 Å². The summed E-state index contributed by atoms with van der Waals surface area (Å²) < 4.78 is 5.08. The number of hydrogen-bond acceptors (Lipinski definition) is 2. The molecule has 131 valence electrons. The largest absolute Gasteiger partial charge is 0.461 e. The molecule has 1 unspecified atom stereocenters. The van der Waals surface area contributed by atoms with E-state index in [1.165, 1.54) is 70.6 Å². The van der Waals surface area contributed by atoms with Crippen LogP contribution in [0.4, 0.5) is 0 Å². The normalized spacial score (nSPS) is 12.3. The lowest BCUT2D eigenvalue weighted by Gasteiger charge is -2.09. The van der Waals surface area contributed by atoms with Crippen LogP contribution in [0.5, 0.6) is 0 Å². The molecule has 0 aliphatic carbocycles. The van der Waals surface area contributed by atoms with Crippen LogP contribution in [-0.2, 0) is 9.53 Å². The van der Waals surface area contributed by atoms with Gasteiger partial charge in [0.2, 0.25) is 0 Å². The predicted molar refractivity (Wildman–Crippen MR) is 93.8 cm³/mol. The molecule has 0 amide bonds. The Morgan fingerprint density at radius 3 is 1.64 bits per heavy atom. The second-order valence-corrected chi connectivity index (χ2v) is 6.50. The molecule has 1 radical (unpaired) electrons. The van der Waals surface area contributed by atoms with Crippen LogP contribution in [0.15, 0.2) is 0 Å². The Morgan fingerprint density at radius 2 is 1.23 bits per heavy atom. The van der Waals surface area contributed by atoms with Crippen LogP contribution >= 0.6 is 0 Å². The van der Waals surface area contributed by atoms with Crippen LogP contribution < -0.4 is 5.73 Å². The number of carbonyl (C=O) groups is 1. The topological polar surface area (TPSA) is 50.1 Å². The van der Waals surface area contributed by atoms with Crippen LogP contribution in [-0.4, -0.2) is 18.6 Å². The lowest BCUT2D eigenvalue weighted by atomic mass is 10.0. The van der Waals surface area contributed by atoms with Gasteiger partial charge in [0.05, 0.1) is 0 Å². The second kappa shape index (κ2) is 16.8. The van der Waals surface area contributed by atoms with Gasteiger partial charge in [-0.25, -0.2) is 0 Å². The number of nitrogens with one attached hydrogen (secondary N) is 1. The van der Waals surface area contributed by atoms with Crippen LogP contribution in [0.1, 0.15) is 104 Å². The van der Waals surface area contributed by atoms with Crippen molar-refractivity contribution in [3.8, 4) is 0 Å². The number of rotatable bonds is 16. The number of esters is 1. The summed E-state index contributed by atoms with van der Waals surface area (Å²) in [6.45, 7) is 4.19. The maximum absolute atomic E-state index is 11.4. The van der Waals surface area contributed by atoms with E-state index in [9.17, 15) is 4.79 Å². The summed E-state index contributed by atoms with van der Waals surface area (Å²) in [5.41, 5.74) is 7.10. The molecule has 0 saturated carbocycles. The Balaban J connectivity index is 3.12. The highest BCUT2D eigenvalue weighted by atomic mass is 16.5. The van der Waals surface area contributed by atoms with Gasteiger partial charge in [0, 0.05) is 13.0 Å². The van der Waals surface area contributed by atoms with Crippen molar-refractivity contribution >= 4 is 5.97 Å². The molecule has 1 N–H and O–H groups in total. The highest BCUT2D eigenvalue weighted by Crippen LogP contribution is 2.13. The third-order valence-corrected chi connectivity index (χ3v) is 4.10. The third kappa shape index (κ3) is 15.8. The Kier molecular flexibility index (Phi) is 16.4. The molecule has 0 bridgehead atoms. The summed E-state index contributed by atoms with van der Waals surface area (Å²) in [6, 6.07) is 0. The molecule has 0 aromatic heterocycles. The van der Waals surface area contributed by atoms with E-state index in [-0.39, 0.29) is 18.6 Å². The first-order chi connectivity index (χ1) is 10.7. The van der Waals surface area contributed by atoms with Gasteiger partial charge in [-0.05, 0) is 13.3 Å². The summed E-state index contributed by atoms with van der Waals surface area (Å²) in [5, 5.41) is 0. The van der Waals surface area contributed by atoms with Crippen LogP contribution in [0, 0.1) is 0 Å². The minimum absolute atomic E-state index is 0.136. The standard InChI is InChI=1S/C19H38NO2/c1-3-4-5-6-7-8-9-10-11-12-13-14-15-16-19(21)22-18(2)17-20/h18,20H,3-17H2,1-2H3. The van der Waals surface area contributed by atoms with Crippen molar-refractivity contribution in [3.05, 3.63) is 0 Å². The summed E-state index contributed by atoms with van der Waals surface area (Å²) in [6.07, 6.45) is 17.3. The third-order valence-electron chi connectivity index (χ3n) is 4.10. The fourth-order valence-electron chi connectivity index (χ4n) is 2.61. The molecule has 0 aromatic rings. The average Bonchev–Trinajstić information content (AvgIpc) is 2.51. The SMILES string of the molecule is CCCCCCCCCCCCCCCC(=O)OC(C)C[NH]. The predicted octanol–water partition coefficient (Wildman–Crippen LogP) is 5.68. The molecule has 3 nitrogen and oxygen atoms in total. The second-order valence-electron chi connectivity index (χ2n) is 6.50. The fourth-order valence-corrected chi connectivity index (χ4v) is 2.61. The van der Waals surface area contributed by atoms with Gasteiger partial charge in [-0.15, -0.1) is 0 Å². The fraction of sp³-hybridized carbons (Fsp3) is 0.947. The van der Waals surface area contributed by atoms with E-state index >= 15 is 0 Å². The molecular weight excluding hydrogens is 274 g/mol. The summed E-state index contributed by atoms with van der Waals surface area (Å²) >= 11 is 0.